The Hall–Kier alpha value is -2.51. The lowest BCUT2D eigenvalue weighted by Crippen LogP contribution is -2.19. The van der Waals surface area contributed by atoms with Gasteiger partial charge in [0.25, 0.3) is 0 Å². The van der Waals surface area contributed by atoms with Crippen LogP contribution in [0.5, 0.6) is 0 Å². The molecule has 0 aliphatic heterocycles. The zero-order valence-corrected chi connectivity index (χ0v) is 16.5. The van der Waals surface area contributed by atoms with E-state index < -0.39 is 24.6 Å². The first-order valence-electron chi connectivity index (χ1n) is 10.0. The van der Waals surface area contributed by atoms with Crippen LogP contribution in [0.25, 0.3) is 11.8 Å². The molecule has 3 rings (SSSR count). The van der Waals surface area contributed by atoms with Gasteiger partial charge in [-0.1, -0.05) is 13.0 Å². The number of hydrogen-bond acceptors (Lipinski definition) is 4. The maximum absolute atomic E-state index is 13.4. The lowest BCUT2D eigenvalue weighted by Gasteiger charge is -2.19. The van der Waals surface area contributed by atoms with Crippen LogP contribution in [0.1, 0.15) is 61.9 Å². The average Bonchev–Trinajstić information content (AvgIpc) is 3.04. The molecule has 3 atom stereocenters. The van der Waals surface area contributed by atoms with Gasteiger partial charge in [0.15, 0.2) is 0 Å². The highest BCUT2D eigenvalue weighted by molar-refractivity contribution is 5.67. The number of hydrogen-bond donors (Lipinski definition) is 3. The molecule has 1 aromatic carbocycles. The molecular weight excluding hydrogens is 375 g/mol. The van der Waals surface area contributed by atoms with Crippen molar-refractivity contribution in [1.82, 2.24) is 9.78 Å². The van der Waals surface area contributed by atoms with Gasteiger partial charge in [-0.3, -0.25) is 4.79 Å². The topological polar surface area (TPSA) is 95.6 Å². The predicted molar refractivity (Wildman–Crippen MR) is 107 cm³/mol. The fourth-order valence-corrected chi connectivity index (χ4v) is 3.92. The molecule has 0 saturated carbocycles. The molecule has 3 N–H and O–H groups in total. The van der Waals surface area contributed by atoms with E-state index in [-0.39, 0.29) is 12.2 Å². The molecule has 1 unspecified atom stereocenters. The van der Waals surface area contributed by atoms with E-state index >= 15 is 0 Å². The largest absolute Gasteiger partial charge is 0.481 e. The highest BCUT2D eigenvalue weighted by Gasteiger charge is 2.26. The van der Waals surface area contributed by atoms with Gasteiger partial charge in [0, 0.05) is 17.9 Å². The molecule has 1 aromatic heterocycles. The fraction of sp³-hybridized carbons (Fsp3) is 0.455. The Morgan fingerprint density at radius 2 is 2.07 bits per heavy atom. The quantitative estimate of drug-likeness (QED) is 0.629. The number of nitrogens with zero attached hydrogens (tertiary/aromatic N) is 2. The van der Waals surface area contributed by atoms with Crippen LogP contribution in [0.15, 0.2) is 30.3 Å². The fourth-order valence-electron chi connectivity index (χ4n) is 3.92. The van der Waals surface area contributed by atoms with Crippen LogP contribution in [0.4, 0.5) is 4.39 Å². The van der Waals surface area contributed by atoms with Crippen LogP contribution in [-0.4, -0.2) is 43.3 Å². The smallest absolute Gasteiger partial charge is 0.305 e. The van der Waals surface area contributed by atoms with Crippen molar-refractivity contribution in [3.05, 3.63) is 53.1 Å². The highest BCUT2D eigenvalue weighted by Crippen LogP contribution is 2.36. The van der Waals surface area contributed by atoms with Crippen LogP contribution in [0.3, 0.4) is 0 Å². The normalized spacial score (nSPS) is 18.6. The third kappa shape index (κ3) is 5.10. The van der Waals surface area contributed by atoms with Gasteiger partial charge in [-0.05, 0) is 56.0 Å². The number of rotatable bonds is 8. The second kappa shape index (κ2) is 9.33. The summed E-state index contributed by atoms with van der Waals surface area (Å²) < 4.78 is 15.1. The first-order chi connectivity index (χ1) is 13.9. The van der Waals surface area contributed by atoms with Crippen molar-refractivity contribution in [2.75, 3.05) is 0 Å². The minimum atomic E-state index is -1.12. The molecule has 1 aliphatic rings. The first kappa shape index (κ1) is 21.2. The molecule has 29 heavy (non-hydrogen) atoms. The summed E-state index contributed by atoms with van der Waals surface area (Å²) >= 11 is 0. The minimum Gasteiger partial charge on any atom is -0.481 e. The Balaban J connectivity index is 1.92. The van der Waals surface area contributed by atoms with Gasteiger partial charge in [-0.2, -0.15) is 5.10 Å². The molecule has 1 aliphatic carbocycles. The molecular formula is C22H27FN2O4. The number of carbonyl (C=O) groups is 1. The van der Waals surface area contributed by atoms with E-state index in [1.807, 2.05) is 0 Å². The zero-order chi connectivity index (χ0) is 21.0. The second-order valence-electron chi connectivity index (χ2n) is 7.55. The lowest BCUT2D eigenvalue weighted by molar-refractivity contribution is -0.139. The third-order valence-corrected chi connectivity index (χ3v) is 5.38. The lowest BCUT2D eigenvalue weighted by atomic mass is 9.85. The Morgan fingerprint density at radius 3 is 2.72 bits per heavy atom. The molecule has 1 heterocycles. The molecule has 0 fully saturated rings. The maximum atomic E-state index is 13.4. The third-order valence-electron chi connectivity index (χ3n) is 5.38. The Kier molecular flexibility index (Phi) is 6.82. The van der Waals surface area contributed by atoms with E-state index in [4.69, 9.17) is 10.2 Å². The van der Waals surface area contributed by atoms with Crippen LogP contribution < -0.4 is 0 Å². The average molecular weight is 402 g/mol. The summed E-state index contributed by atoms with van der Waals surface area (Å²) in [7, 11) is 0. The van der Waals surface area contributed by atoms with E-state index in [0.29, 0.717) is 5.92 Å². The van der Waals surface area contributed by atoms with Crippen molar-refractivity contribution < 1.29 is 24.5 Å². The van der Waals surface area contributed by atoms with Crippen molar-refractivity contribution in [3.63, 3.8) is 0 Å². The Labute approximate surface area is 169 Å². The summed E-state index contributed by atoms with van der Waals surface area (Å²) in [4.78, 5) is 10.7. The number of aliphatic carboxylic acids is 1. The number of carboxylic acids is 1. The summed E-state index contributed by atoms with van der Waals surface area (Å²) in [6.45, 7) is 2.14. The number of aromatic nitrogens is 2. The summed E-state index contributed by atoms with van der Waals surface area (Å²) in [5.41, 5.74) is 3.73. The molecule has 6 nitrogen and oxygen atoms in total. The summed E-state index contributed by atoms with van der Waals surface area (Å²) in [5.74, 6) is -1.06. The van der Waals surface area contributed by atoms with Gasteiger partial charge in [0.05, 0.1) is 35.7 Å². The number of fused-ring (bicyclic) bond motifs is 1. The van der Waals surface area contributed by atoms with Crippen molar-refractivity contribution in [1.29, 1.82) is 0 Å². The molecule has 156 valence electrons. The van der Waals surface area contributed by atoms with Crippen molar-refractivity contribution in [3.8, 4) is 5.69 Å². The number of benzene rings is 1. The Morgan fingerprint density at radius 1 is 1.34 bits per heavy atom. The number of carboxylic acid groups (broad SMARTS) is 1. The van der Waals surface area contributed by atoms with Gasteiger partial charge in [-0.25, -0.2) is 9.07 Å². The second-order valence-corrected chi connectivity index (χ2v) is 7.55. The molecule has 2 aromatic rings. The highest BCUT2D eigenvalue weighted by atomic mass is 19.1. The van der Waals surface area contributed by atoms with E-state index in [9.17, 15) is 19.4 Å². The molecule has 0 radical (unpaired) electrons. The maximum Gasteiger partial charge on any atom is 0.305 e. The minimum absolute atomic E-state index is 0.0622. The van der Waals surface area contributed by atoms with E-state index in [1.54, 1.807) is 29.0 Å². The van der Waals surface area contributed by atoms with Gasteiger partial charge in [0.2, 0.25) is 0 Å². The van der Waals surface area contributed by atoms with E-state index in [1.165, 1.54) is 12.1 Å². The SMILES string of the molecule is CCC1CCCc2c1nn(-c1ccc(F)cc1)c2/C=C/[C@H](O)C[C@H](O)CC(=O)O. The number of aliphatic hydroxyl groups is 2. The molecule has 0 bridgehead atoms. The number of halogens is 1. The molecule has 0 spiro atoms. The van der Waals surface area contributed by atoms with Crippen molar-refractivity contribution in [2.45, 2.75) is 63.6 Å². The summed E-state index contributed by atoms with van der Waals surface area (Å²) in [5, 5.41) is 33.5. The van der Waals surface area contributed by atoms with E-state index in [0.717, 1.165) is 48.3 Å². The first-order valence-corrected chi connectivity index (χ1v) is 10.0. The standard InChI is InChI=1S/C22H27FN2O4/c1-2-14-4-3-5-19-20(11-10-17(26)12-18(27)13-21(28)29)25(24-22(14)19)16-8-6-15(23)7-9-16/h6-11,14,17-18,26-27H,2-5,12-13H2,1H3,(H,28,29)/b11-10+/t14?,17-,18-/m0/s1. The predicted octanol–water partition coefficient (Wildman–Crippen LogP) is 3.44. The monoisotopic (exact) mass is 402 g/mol. The van der Waals surface area contributed by atoms with Crippen molar-refractivity contribution in [2.24, 2.45) is 0 Å². The van der Waals surface area contributed by atoms with Gasteiger partial charge in [-0.15, -0.1) is 0 Å². The molecule has 0 amide bonds. The Bertz CT molecular complexity index is 876. The van der Waals surface area contributed by atoms with Crippen LogP contribution in [0, 0.1) is 5.82 Å². The van der Waals surface area contributed by atoms with E-state index in [2.05, 4.69) is 6.92 Å². The van der Waals surface area contributed by atoms with Crippen molar-refractivity contribution >= 4 is 12.0 Å². The van der Waals surface area contributed by atoms with Crippen LogP contribution in [-0.2, 0) is 11.2 Å². The molecule has 0 saturated heterocycles. The summed E-state index contributed by atoms with van der Waals surface area (Å²) in [6, 6.07) is 6.11. The van der Waals surface area contributed by atoms with Crippen LogP contribution >= 0.6 is 0 Å². The number of aliphatic hydroxyl groups excluding tert-OH is 2. The molecule has 7 heteroatoms. The van der Waals surface area contributed by atoms with Gasteiger partial charge < -0.3 is 15.3 Å². The van der Waals surface area contributed by atoms with Gasteiger partial charge in [0.1, 0.15) is 5.82 Å². The summed E-state index contributed by atoms with van der Waals surface area (Å²) in [6.07, 6.45) is 4.75. The zero-order valence-electron chi connectivity index (χ0n) is 16.5. The van der Waals surface area contributed by atoms with Gasteiger partial charge >= 0.3 is 5.97 Å². The van der Waals surface area contributed by atoms with Crippen LogP contribution in [0.2, 0.25) is 0 Å².